The molecule has 122 valence electrons. The van der Waals surface area contributed by atoms with Crippen LogP contribution in [-0.4, -0.2) is 58.4 Å². The molecule has 0 aromatic carbocycles. The number of β-lactam (4-membered cyclic amide) rings is 1. The number of carboxylic acids is 1. The second kappa shape index (κ2) is 5.64. The fraction of sp³-hybridized carbons (Fsp3) is 0.733. The number of fused-ring (bicyclic) bond motifs is 3. The summed E-state index contributed by atoms with van der Waals surface area (Å²) in [5.74, 6) is -1.93. The molecule has 0 radical (unpaired) electrons. The highest BCUT2D eigenvalue weighted by atomic mass is 16.5. The lowest BCUT2D eigenvalue weighted by Gasteiger charge is -2.47. The number of rotatable bonds is 5. The molecule has 4 N–H and O–H groups in total. The van der Waals surface area contributed by atoms with E-state index in [1.807, 2.05) is 0 Å². The average Bonchev–Trinajstić information content (AvgIpc) is 2.76. The average molecular weight is 310 g/mol. The maximum Gasteiger partial charge on any atom is 0.352 e. The minimum Gasteiger partial charge on any atom is -0.477 e. The molecule has 2 aliphatic heterocycles. The van der Waals surface area contributed by atoms with E-state index < -0.39 is 18.0 Å². The molecule has 1 saturated heterocycles. The molecular formula is C15H22N2O5. The third kappa shape index (κ3) is 2.07. The van der Waals surface area contributed by atoms with Gasteiger partial charge in [0.1, 0.15) is 5.70 Å². The van der Waals surface area contributed by atoms with Crippen molar-refractivity contribution in [2.24, 2.45) is 17.6 Å². The standard InChI is InChI=1S/C15H22N2O5/c1-7(18)10-12-8-3-2-4-9(22-6-5-16)11(8)13(15(20)21)17(12)14(10)19/h7-10,12,18H,2-6,16H2,1H3,(H,20,21)/t7-,8+,9+,10-,12-/m1/s1. The zero-order valence-corrected chi connectivity index (χ0v) is 12.6. The Balaban J connectivity index is 1.97. The SMILES string of the molecule is C[C@@H](O)[C@H]1C(=O)N2C(C(=O)O)=C3[C@@H](OCCN)CCC[C@@H]3[C@H]12. The van der Waals surface area contributed by atoms with Gasteiger partial charge in [-0.05, 0) is 31.8 Å². The number of nitrogens with zero attached hydrogens (tertiary/aromatic N) is 1. The first-order valence-corrected chi connectivity index (χ1v) is 7.79. The molecule has 7 nitrogen and oxygen atoms in total. The second-order valence-electron chi connectivity index (χ2n) is 6.26. The van der Waals surface area contributed by atoms with Gasteiger partial charge in [0.15, 0.2) is 0 Å². The first kappa shape index (κ1) is 15.5. The van der Waals surface area contributed by atoms with Crippen LogP contribution < -0.4 is 5.73 Å². The fourth-order valence-corrected chi connectivity index (χ4v) is 4.22. The van der Waals surface area contributed by atoms with Crippen molar-refractivity contribution in [3.05, 3.63) is 11.3 Å². The van der Waals surface area contributed by atoms with Crippen LogP contribution in [0.5, 0.6) is 0 Å². The molecule has 1 saturated carbocycles. The Hall–Kier alpha value is -1.44. The van der Waals surface area contributed by atoms with Gasteiger partial charge in [-0.2, -0.15) is 0 Å². The first-order chi connectivity index (χ1) is 10.5. The predicted octanol–water partition coefficient (Wildman–Crippen LogP) is -0.309. The largest absolute Gasteiger partial charge is 0.477 e. The summed E-state index contributed by atoms with van der Waals surface area (Å²) in [6.07, 6.45) is 1.43. The molecule has 0 aromatic heterocycles. The second-order valence-corrected chi connectivity index (χ2v) is 6.26. The van der Waals surface area contributed by atoms with Gasteiger partial charge in [-0.15, -0.1) is 0 Å². The highest BCUT2D eigenvalue weighted by Crippen LogP contribution is 2.52. The maximum absolute atomic E-state index is 12.3. The Morgan fingerprint density at radius 2 is 2.23 bits per heavy atom. The Bertz CT molecular complexity index is 530. The molecule has 0 bridgehead atoms. The summed E-state index contributed by atoms with van der Waals surface area (Å²) < 4.78 is 5.74. The molecular weight excluding hydrogens is 288 g/mol. The van der Waals surface area contributed by atoms with Crippen molar-refractivity contribution >= 4 is 11.9 Å². The molecule has 2 heterocycles. The van der Waals surface area contributed by atoms with Gasteiger partial charge >= 0.3 is 5.97 Å². The smallest absolute Gasteiger partial charge is 0.352 e. The van der Waals surface area contributed by atoms with Gasteiger partial charge in [0.25, 0.3) is 0 Å². The van der Waals surface area contributed by atoms with Crippen molar-refractivity contribution in [3.63, 3.8) is 0 Å². The normalized spacial score (nSPS) is 35.0. The Kier molecular flexibility index (Phi) is 3.96. The molecule has 5 atom stereocenters. The van der Waals surface area contributed by atoms with Crippen LogP contribution in [-0.2, 0) is 14.3 Å². The zero-order chi connectivity index (χ0) is 16.0. The van der Waals surface area contributed by atoms with Gasteiger partial charge in [-0.1, -0.05) is 0 Å². The van der Waals surface area contributed by atoms with Crippen LogP contribution in [0.25, 0.3) is 0 Å². The van der Waals surface area contributed by atoms with Crippen LogP contribution >= 0.6 is 0 Å². The molecule has 3 rings (SSSR count). The number of ether oxygens (including phenoxy) is 1. The lowest BCUT2D eigenvalue weighted by atomic mass is 9.71. The van der Waals surface area contributed by atoms with E-state index in [2.05, 4.69) is 0 Å². The number of carbonyl (C=O) groups is 2. The van der Waals surface area contributed by atoms with Crippen LogP contribution in [0, 0.1) is 11.8 Å². The number of nitrogens with two attached hydrogens (primary N) is 1. The maximum atomic E-state index is 12.3. The van der Waals surface area contributed by atoms with Gasteiger partial charge in [0.05, 0.1) is 30.8 Å². The van der Waals surface area contributed by atoms with E-state index in [0.29, 0.717) is 18.7 Å². The molecule has 1 aliphatic carbocycles. The summed E-state index contributed by atoms with van der Waals surface area (Å²) >= 11 is 0. The number of carbonyl (C=O) groups excluding carboxylic acids is 1. The zero-order valence-electron chi connectivity index (χ0n) is 12.6. The van der Waals surface area contributed by atoms with E-state index in [0.717, 1.165) is 19.3 Å². The highest BCUT2D eigenvalue weighted by molar-refractivity contribution is 6.00. The summed E-state index contributed by atoms with van der Waals surface area (Å²) in [6, 6.07) is -0.238. The quantitative estimate of drug-likeness (QED) is 0.600. The van der Waals surface area contributed by atoms with Gasteiger partial charge in [-0.3, -0.25) is 4.79 Å². The van der Waals surface area contributed by atoms with Crippen LogP contribution in [0.2, 0.25) is 0 Å². The van der Waals surface area contributed by atoms with E-state index in [1.165, 1.54) is 4.90 Å². The Labute approximate surface area is 128 Å². The van der Waals surface area contributed by atoms with E-state index in [-0.39, 0.29) is 29.7 Å². The third-order valence-corrected chi connectivity index (χ3v) is 5.00. The minimum absolute atomic E-state index is 0.0278. The van der Waals surface area contributed by atoms with E-state index in [9.17, 15) is 19.8 Å². The summed E-state index contributed by atoms with van der Waals surface area (Å²) in [5.41, 5.74) is 6.26. The van der Waals surface area contributed by atoms with Gasteiger partial charge in [0, 0.05) is 12.5 Å². The topological polar surface area (TPSA) is 113 Å². The molecule has 0 unspecified atom stereocenters. The van der Waals surface area contributed by atoms with Crippen molar-refractivity contribution < 1.29 is 24.5 Å². The van der Waals surface area contributed by atoms with Crippen molar-refractivity contribution in [3.8, 4) is 0 Å². The van der Waals surface area contributed by atoms with E-state index in [1.54, 1.807) is 6.92 Å². The van der Waals surface area contributed by atoms with Crippen LogP contribution in [0.3, 0.4) is 0 Å². The van der Waals surface area contributed by atoms with E-state index >= 15 is 0 Å². The lowest BCUT2D eigenvalue weighted by molar-refractivity contribution is -0.163. The Morgan fingerprint density at radius 3 is 2.82 bits per heavy atom. The van der Waals surface area contributed by atoms with E-state index in [4.69, 9.17) is 10.5 Å². The van der Waals surface area contributed by atoms with Crippen molar-refractivity contribution in [1.82, 2.24) is 4.90 Å². The lowest BCUT2D eigenvalue weighted by Crippen LogP contribution is -2.64. The number of amides is 1. The molecule has 0 aromatic rings. The fourth-order valence-electron chi connectivity index (χ4n) is 4.22. The molecule has 2 fully saturated rings. The molecule has 1 amide bonds. The van der Waals surface area contributed by atoms with Gasteiger partial charge < -0.3 is 25.6 Å². The van der Waals surface area contributed by atoms with Gasteiger partial charge in [0.2, 0.25) is 5.91 Å². The minimum atomic E-state index is -1.09. The Morgan fingerprint density at radius 1 is 1.50 bits per heavy atom. The third-order valence-electron chi connectivity index (χ3n) is 5.00. The van der Waals surface area contributed by atoms with Crippen molar-refractivity contribution in [1.29, 1.82) is 0 Å². The highest BCUT2D eigenvalue weighted by Gasteiger charge is 2.62. The summed E-state index contributed by atoms with van der Waals surface area (Å²) in [6.45, 7) is 2.33. The predicted molar refractivity (Wildman–Crippen MR) is 76.6 cm³/mol. The summed E-state index contributed by atoms with van der Waals surface area (Å²) in [5, 5.41) is 19.4. The van der Waals surface area contributed by atoms with Crippen LogP contribution in [0.4, 0.5) is 0 Å². The van der Waals surface area contributed by atoms with Crippen LogP contribution in [0.15, 0.2) is 11.3 Å². The summed E-state index contributed by atoms with van der Waals surface area (Å²) in [4.78, 5) is 25.3. The monoisotopic (exact) mass is 310 g/mol. The van der Waals surface area contributed by atoms with Crippen LogP contribution in [0.1, 0.15) is 26.2 Å². The number of aliphatic hydroxyl groups excluding tert-OH is 1. The first-order valence-electron chi connectivity index (χ1n) is 7.79. The number of aliphatic carboxylic acids is 1. The number of aliphatic hydroxyl groups is 1. The number of hydrogen-bond acceptors (Lipinski definition) is 5. The summed E-state index contributed by atoms with van der Waals surface area (Å²) in [7, 11) is 0. The number of hydrogen-bond donors (Lipinski definition) is 3. The van der Waals surface area contributed by atoms with Crippen molar-refractivity contribution in [2.75, 3.05) is 13.2 Å². The molecule has 0 spiro atoms. The molecule has 7 heteroatoms. The molecule has 3 aliphatic rings. The molecule has 22 heavy (non-hydrogen) atoms. The van der Waals surface area contributed by atoms with Crippen molar-refractivity contribution in [2.45, 2.75) is 44.4 Å². The van der Waals surface area contributed by atoms with Gasteiger partial charge in [-0.25, -0.2) is 4.79 Å². The number of carboxylic acid groups (broad SMARTS) is 1.